The van der Waals surface area contributed by atoms with E-state index in [1.165, 1.54) is 0 Å². The zero-order valence-electron chi connectivity index (χ0n) is 17.6. The summed E-state index contributed by atoms with van der Waals surface area (Å²) in [6.07, 6.45) is 0.955. The number of para-hydroxylation sites is 2. The van der Waals surface area contributed by atoms with E-state index in [0.717, 1.165) is 23.1 Å². The number of fused-ring (bicyclic) bond motifs is 1. The van der Waals surface area contributed by atoms with Crippen molar-refractivity contribution in [2.75, 3.05) is 18.5 Å². The van der Waals surface area contributed by atoms with Gasteiger partial charge in [0, 0.05) is 23.2 Å². The number of furan rings is 1. The molecule has 3 rings (SSSR count). The van der Waals surface area contributed by atoms with Crippen LogP contribution in [0.1, 0.15) is 54.8 Å². The molecule has 0 aliphatic rings. The second-order valence-electron chi connectivity index (χ2n) is 7.06. The molecule has 0 unspecified atom stereocenters. The first kappa shape index (κ1) is 21.6. The third-order valence-corrected chi connectivity index (χ3v) is 5.05. The molecule has 6 heteroatoms. The van der Waals surface area contributed by atoms with Crippen LogP contribution in [0.3, 0.4) is 0 Å². The van der Waals surface area contributed by atoms with E-state index in [1.54, 1.807) is 6.07 Å². The van der Waals surface area contributed by atoms with Crippen LogP contribution < -0.4 is 5.32 Å². The number of carbonyl (C=O) groups is 2. The maximum absolute atomic E-state index is 12.6. The lowest BCUT2D eigenvalue weighted by molar-refractivity contribution is -0.119. The fourth-order valence-corrected chi connectivity index (χ4v) is 3.25. The number of hydrogen-bond acceptors (Lipinski definition) is 5. The predicted molar refractivity (Wildman–Crippen MR) is 116 cm³/mol. The number of anilines is 1. The van der Waals surface area contributed by atoms with Crippen molar-refractivity contribution >= 4 is 28.5 Å². The topological polar surface area (TPSA) is 77.8 Å². The van der Waals surface area contributed by atoms with Crippen molar-refractivity contribution in [3.63, 3.8) is 0 Å². The Morgan fingerprint density at radius 3 is 2.57 bits per heavy atom. The molecule has 0 spiro atoms. The summed E-state index contributed by atoms with van der Waals surface area (Å²) in [6, 6.07) is 15.0. The lowest BCUT2D eigenvalue weighted by Crippen LogP contribution is -2.22. The minimum Gasteiger partial charge on any atom is -0.450 e. The van der Waals surface area contributed by atoms with Gasteiger partial charge in [-0.25, -0.2) is 4.79 Å². The summed E-state index contributed by atoms with van der Waals surface area (Å²) < 4.78 is 16.4. The first-order chi connectivity index (χ1) is 14.5. The molecule has 0 fully saturated rings. The van der Waals surface area contributed by atoms with Crippen LogP contribution in [0.5, 0.6) is 0 Å². The molecule has 1 aromatic heterocycles. The highest BCUT2D eigenvalue weighted by Gasteiger charge is 2.23. The fraction of sp³-hybridized carbons (Fsp3) is 0.333. The first-order valence-electron chi connectivity index (χ1n) is 10.2. The molecule has 2 aromatic carbocycles. The highest BCUT2D eigenvalue weighted by Crippen LogP contribution is 2.28. The SMILES string of the molecule is CCOCc1c(C(=O)OCC(=O)Nc2ccccc2[C@@H](C)CC)oc2ccccc12. The summed E-state index contributed by atoms with van der Waals surface area (Å²) in [6.45, 7) is 6.41. The lowest BCUT2D eigenvalue weighted by atomic mass is 9.97. The van der Waals surface area contributed by atoms with Crippen LogP contribution in [0.4, 0.5) is 5.69 Å². The Morgan fingerprint density at radius 1 is 1.07 bits per heavy atom. The van der Waals surface area contributed by atoms with Crippen molar-refractivity contribution in [1.82, 2.24) is 0 Å². The van der Waals surface area contributed by atoms with Crippen LogP contribution in [0.15, 0.2) is 52.9 Å². The average Bonchev–Trinajstić information content (AvgIpc) is 3.14. The van der Waals surface area contributed by atoms with Crippen molar-refractivity contribution < 1.29 is 23.5 Å². The predicted octanol–water partition coefficient (Wildman–Crippen LogP) is 5.28. The Morgan fingerprint density at radius 2 is 1.80 bits per heavy atom. The summed E-state index contributed by atoms with van der Waals surface area (Å²) in [5, 5.41) is 3.63. The molecular weight excluding hydrogens is 382 g/mol. The molecule has 1 atom stereocenters. The minimum absolute atomic E-state index is 0.0671. The largest absolute Gasteiger partial charge is 0.450 e. The summed E-state index contributed by atoms with van der Waals surface area (Å²) >= 11 is 0. The van der Waals surface area contributed by atoms with Gasteiger partial charge in [0.15, 0.2) is 6.61 Å². The van der Waals surface area contributed by atoms with Crippen molar-refractivity contribution in [3.8, 4) is 0 Å². The molecule has 0 radical (unpaired) electrons. The van der Waals surface area contributed by atoms with E-state index in [0.29, 0.717) is 23.7 Å². The number of benzene rings is 2. The average molecular weight is 409 g/mol. The normalized spacial score (nSPS) is 12.0. The molecule has 6 nitrogen and oxygen atoms in total. The van der Waals surface area contributed by atoms with Gasteiger partial charge in [-0.1, -0.05) is 50.2 Å². The zero-order valence-corrected chi connectivity index (χ0v) is 17.6. The zero-order chi connectivity index (χ0) is 21.5. The van der Waals surface area contributed by atoms with Gasteiger partial charge in [-0.2, -0.15) is 0 Å². The van der Waals surface area contributed by atoms with Crippen LogP contribution in [-0.2, 0) is 20.9 Å². The van der Waals surface area contributed by atoms with Crippen LogP contribution in [-0.4, -0.2) is 25.1 Å². The quantitative estimate of drug-likeness (QED) is 0.487. The van der Waals surface area contributed by atoms with Gasteiger partial charge in [-0.05, 0) is 37.0 Å². The highest BCUT2D eigenvalue weighted by atomic mass is 16.5. The molecule has 0 aliphatic heterocycles. The number of ether oxygens (including phenoxy) is 2. The smallest absolute Gasteiger partial charge is 0.375 e. The second-order valence-corrected chi connectivity index (χ2v) is 7.06. The Labute approximate surface area is 176 Å². The minimum atomic E-state index is -0.689. The van der Waals surface area contributed by atoms with Gasteiger partial charge in [-0.15, -0.1) is 0 Å². The van der Waals surface area contributed by atoms with E-state index in [2.05, 4.69) is 19.2 Å². The number of hydrogen-bond donors (Lipinski definition) is 1. The van der Waals surface area contributed by atoms with Crippen LogP contribution in [0.2, 0.25) is 0 Å². The summed E-state index contributed by atoms with van der Waals surface area (Å²) in [5.74, 6) is -0.717. The van der Waals surface area contributed by atoms with Gasteiger partial charge in [0.25, 0.3) is 5.91 Å². The van der Waals surface area contributed by atoms with Crippen LogP contribution in [0.25, 0.3) is 11.0 Å². The number of esters is 1. The summed E-state index contributed by atoms with van der Waals surface area (Å²) in [4.78, 5) is 25.0. The maximum atomic E-state index is 12.6. The van der Waals surface area contributed by atoms with Crippen molar-refractivity contribution in [2.45, 2.75) is 39.7 Å². The number of carbonyl (C=O) groups excluding carboxylic acids is 2. The van der Waals surface area contributed by atoms with E-state index in [1.807, 2.05) is 49.4 Å². The Hall–Kier alpha value is -3.12. The molecule has 158 valence electrons. The van der Waals surface area contributed by atoms with Crippen molar-refractivity contribution in [3.05, 3.63) is 65.4 Å². The van der Waals surface area contributed by atoms with E-state index in [-0.39, 0.29) is 12.4 Å². The molecular formula is C24H27NO5. The first-order valence-corrected chi connectivity index (χ1v) is 10.2. The van der Waals surface area contributed by atoms with E-state index in [4.69, 9.17) is 13.9 Å². The third-order valence-electron chi connectivity index (χ3n) is 5.05. The molecule has 0 bridgehead atoms. The third kappa shape index (κ3) is 4.89. The number of amides is 1. The molecule has 0 saturated carbocycles. The van der Waals surface area contributed by atoms with Gasteiger partial charge >= 0.3 is 5.97 Å². The Kier molecular flexibility index (Phi) is 7.25. The molecule has 1 heterocycles. The standard InChI is InChI=1S/C24H27NO5/c1-4-16(3)17-10-6-8-12-20(17)25-22(26)15-29-24(27)23-19(14-28-5-2)18-11-7-9-13-21(18)30-23/h6-13,16H,4-5,14-15H2,1-3H3,(H,25,26)/t16-/m0/s1. The summed E-state index contributed by atoms with van der Waals surface area (Å²) in [7, 11) is 0. The Bertz CT molecular complexity index is 1020. The van der Waals surface area contributed by atoms with Crippen LogP contribution in [0, 0.1) is 0 Å². The number of rotatable bonds is 9. The highest BCUT2D eigenvalue weighted by molar-refractivity contribution is 5.98. The molecule has 0 aliphatic carbocycles. The van der Waals surface area contributed by atoms with E-state index >= 15 is 0 Å². The monoisotopic (exact) mass is 409 g/mol. The second kappa shape index (κ2) is 10.1. The number of nitrogens with one attached hydrogen (secondary N) is 1. The summed E-state index contributed by atoms with van der Waals surface area (Å²) in [5.41, 5.74) is 2.98. The van der Waals surface area contributed by atoms with E-state index < -0.39 is 18.5 Å². The van der Waals surface area contributed by atoms with Gasteiger partial charge < -0.3 is 19.2 Å². The molecule has 30 heavy (non-hydrogen) atoms. The molecule has 1 N–H and O–H groups in total. The van der Waals surface area contributed by atoms with E-state index in [9.17, 15) is 9.59 Å². The molecule has 1 amide bonds. The van der Waals surface area contributed by atoms with Gasteiger partial charge in [0.2, 0.25) is 5.76 Å². The molecule has 3 aromatic rings. The van der Waals surface area contributed by atoms with Gasteiger partial charge in [-0.3, -0.25) is 4.79 Å². The van der Waals surface area contributed by atoms with Crippen molar-refractivity contribution in [2.24, 2.45) is 0 Å². The van der Waals surface area contributed by atoms with Gasteiger partial charge in [0.05, 0.1) is 6.61 Å². The molecule has 0 saturated heterocycles. The van der Waals surface area contributed by atoms with Crippen LogP contribution >= 0.6 is 0 Å². The lowest BCUT2D eigenvalue weighted by Gasteiger charge is -2.15. The van der Waals surface area contributed by atoms with Gasteiger partial charge in [0.1, 0.15) is 5.58 Å². The Balaban J connectivity index is 1.70. The fourth-order valence-electron chi connectivity index (χ4n) is 3.25. The van der Waals surface area contributed by atoms with Crippen molar-refractivity contribution in [1.29, 1.82) is 0 Å². The maximum Gasteiger partial charge on any atom is 0.375 e.